The van der Waals surface area contributed by atoms with E-state index in [4.69, 9.17) is 9.47 Å². The number of nitrogens with zero attached hydrogens (tertiary/aromatic N) is 3. The van der Waals surface area contributed by atoms with Gasteiger partial charge >= 0.3 is 0 Å². The third-order valence-corrected chi connectivity index (χ3v) is 4.36. The number of nitrogens with one attached hydrogen (secondary N) is 2. The maximum absolute atomic E-state index is 5.63. The largest absolute Gasteiger partial charge is 0.493 e. The Morgan fingerprint density at radius 3 is 2.50 bits per heavy atom. The number of guanidine groups is 1. The zero-order valence-corrected chi connectivity index (χ0v) is 19.8. The maximum atomic E-state index is 5.63. The molecule has 0 spiro atoms. The second-order valence-corrected chi connectivity index (χ2v) is 6.40. The molecule has 7 nitrogen and oxygen atoms in total. The molecule has 0 atom stereocenters. The fraction of sp³-hybridized carbons (Fsp3) is 0.273. The molecule has 0 saturated carbocycles. The van der Waals surface area contributed by atoms with E-state index in [1.54, 1.807) is 20.4 Å². The topological polar surface area (TPSA) is 72.7 Å². The van der Waals surface area contributed by atoms with Crippen LogP contribution in [0.5, 0.6) is 11.5 Å². The van der Waals surface area contributed by atoms with Crippen LogP contribution in [0.15, 0.2) is 66.2 Å². The van der Waals surface area contributed by atoms with Gasteiger partial charge in [-0.1, -0.05) is 24.3 Å². The molecule has 8 heteroatoms. The van der Waals surface area contributed by atoms with Gasteiger partial charge in [0.05, 0.1) is 20.0 Å². The summed E-state index contributed by atoms with van der Waals surface area (Å²) in [6.45, 7) is 4.00. The van der Waals surface area contributed by atoms with Gasteiger partial charge in [0.25, 0.3) is 0 Å². The van der Waals surface area contributed by atoms with Crippen molar-refractivity contribution < 1.29 is 9.47 Å². The molecule has 160 valence electrons. The Balaban J connectivity index is 0.00000320. The Morgan fingerprint density at radius 1 is 1.10 bits per heavy atom. The molecule has 1 aromatic heterocycles. The van der Waals surface area contributed by atoms with Crippen molar-refractivity contribution in [2.75, 3.05) is 26.1 Å². The summed E-state index contributed by atoms with van der Waals surface area (Å²) in [6, 6.07) is 14.2. The molecule has 30 heavy (non-hydrogen) atoms. The molecular formula is C22H28IN5O2. The molecule has 2 N–H and O–H groups in total. The molecule has 3 aromatic rings. The van der Waals surface area contributed by atoms with E-state index < -0.39 is 0 Å². The molecule has 0 aliphatic heterocycles. The molecule has 0 fully saturated rings. The van der Waals surface area contributed by atoms with E-state index in [1.165, 1.54) is 11.1 Å². The SMILES string of the molecule is CCOc1cc(NC(=NC)NCc2ccc(Cn3ccnc3)cc2)ccc1OC.I. The Morgan fingerprint density at radius 2 is 1.87 bits per heavy atom. The number of hydrogen-bond donors (Lipinski definition) is 2. The molecule has 0 saturated heterocycles. The van der Waals surface area contributed by atoms with Crippen LogP contribution in [-0.4, -0.2) is 36.3 Å². The predicted octanol–water partition coefficient (Wildman–Crippen LogP) is 4.14. The quantitative estimate of drug-likeness (QED) is 0.265. The van der Waals surface area contributed by atoms with E-state index in [9.17, 15) is 0 Å². The second-order valence-electron chi connectivity index (χ2n) is 6.40. The Hall–Kier alpha value is -2.75. The van der Waals surface area contributed by atoms with E-state index in [0.717, 1.165) is 12.2 Å². The van der Waals surface area contributed by atoms with Gasteiger partial charge in [0.15, 0.2) is 17.5 Å². The lowest BCUT2D eigenvalue weighted by atomic mass is 10.1. The zero-order chi connectivity index (χ0) is 20.5. The summed E-state index contributed by atoms with van der Waals surface area (Å²) in [5.74, 6) is 2.08. The first-order valence-corrected chi connectivity index (χ1v) is 9.54. The second kappa shape index (κ2) is 12.1. The van der Waals surface area contributed by atoms with Crippen molar-refractivity contribution in [3.05, 3.63) is 72.3 Å². The fourth-order valence-corrected chi connectivity index (χ4v) is 2.88. The average molecular weight is 521 g/mol. The first-order chi connectivity index (χ1) is 14.2. The van der Waals surface area contributed by atoms with Gasteiger partial charge in [-0.2, -0.15) is 0 Å². The number of anilines is 1. The van der Waals surface area contributed by atoms with Crippen LogP contribution < -0.4 is 20.1 Å². The number of rotatable bonds is 8. The minimum Gasteiger partial charge on any atom is -0.493 e. The summed E-state index contributed by atoms with van der Waals surface area (Å²) < 4.78 is 13.0. The summed E-state index contributed by atoms with van der Waals surface area (Å²) in [7, 11) is 3.38. The number of hydrogen-bond acceptors (Lipinski definition) is 4. The van der Waals surface area contributed by atoms with Crippen LogP contribution in [0.3, 0.4) is 0 Å². The average Bonchev–Trinajstić information content (AvgIpc) is 3.25. The maximum Gasteiger partial charge on any atom is 0.195 e. The summed E-state index contributed by atoms with van der Waals surface area (Å²) in [6.07, 6.45) is 5.57. The van der Waals surface area contributed by atoms with E-state index in [0.29, 0.717) is 30.6 Å². The van der Waals surface area contributed by atoms with Crippen molar-refractivity contribution in [2.45, 2.75) is 20.0 Å². The highest BCUT2D eigenvalue weighted by Gasteiger charge is 2.07. The van der Waals surface area contributed by atoms with E-state index in [2.05, 4.69) is 44.9 Å². The van der Waals surface area contributed by atoms with Crippen molar-refractivity contribution in [2.24, 2.45) is 4.99 Å². The zero-order valence-electron chi connectivity index (χ0n) is 17.5. The fourth-order valence-electron chi connectivity index (χ4n) is 2.88. The van der Waals surface area contributed by atoms with Crippen molar-refractivity contribution in [3.63, 3.8) is 0 Å². The van der Waals surface area contributed by atoms with Gasteiger partial charge in [0, 0.05) is 44.3 Å². The lowest BCUT2D eigenvalue weighted by Crippen LogP contribution is -2.30. The third kappa shape index (κ3) is 6.65. The van der Waals surface area contributed by atoms with Crippen LogP contribution in [-0.2, 0) is 13.1 Å². The lowest BCUT2D eigenvalue weighted by Gasteiger charge is -2.15. The Bertz CT molecular complexity index is 927. The number of aromatic nitrogens is 2. The lowest BCUT2D eigenvalue weighted by molar-refractivity contribution is 0.311. The van der Waals surface area contributed by atoms with Crippen molar-refractivity contribution in [3.8, 4) is 11.5 Å². The first-order valence-electron chi connectivity index (χ1n) is 9.54. The van der Waals surface area contributed by atoms with Crippen molar-refractivity contribution in [1.29, 1.82) is 0 Å². The number of halogens is 1. The molecule has 0 radical (unpaired) electrons. The monoisotopic (exact) mass is 521 g/mol. The van der Waals surface area contributed by atoms with Crippen LogP contribution in [0.1, 0.15) is 18.1 Å². The Labute approximate surface area is 194 Å². The van der Waals surface area contributed by atoms with E-state index >= 15 is 0 Å². The van der Waals surface area contributed by atoms with Gasteiger partial charge in [0.2, 0.25) is 0 Å². The van der Waals surface area contributed by atoms with Crippen LogP contribution >= 0.6 is 24.0 Å². The minimum atomic E-state index is 0. The molecular weight excluding hydrogens is 493 g/mol. The molecule has 0 amide bonds. The number of benzene rings is 2. The molecule has 1 heterocycles. The number of imidazole rings is 1. The summed E-state index contributed by atoms with van der Waals surface area (Å²) in [5.41, 5.74) is 3.28. The number of methoxy groups -OCH3 is 1. The van der Waals surface area contributed by atoms with E-state index in [-0.39, 0.29) is 24.0 Å². The van der Waals surface area contributed by atoms with Crippen molar-refractivity contribution in [1.82, 2.24) is 14.9 Å². The number of ether oxygens (including phenoxy) is 2. The van der Waals surface area contributed by atoms with Crippen LogP contribution in [0.2, 0.25) is 0 Å². The van der Waals surface area contributed by atoms with Gasteiger partial charge in [-0.15, -0.1) is 24.0 Å². The summed E-state index contributed by atoms with van der Waals surface area (Å²) >= 11 is 0. The van der Waals surface area contributed by atoms with Gasteiger partial charge in [-0.3, -0.25) is 4.99 Å². The van der Waals surface area contributed by atoms with Crippen molar-refractivity contribution >= 4 is 35.6 Å². The first kappa shape index (κ1) is 23.5. The normalized spacial score (nSPS) is 10.8. The van der Waals surface area contributed by atoms with E-state index in [1.807, 2.05) is 42.2 Å². The minimum absolute atomic E-state index is 0. The highest BCUT2D eigenvalue weighted by atomic mass is 127. The summed E-state index contributed by atoms with van der Waals surface area (Å²) in [4.78, 5) is 8.37. The highest BCUT2D eigenvalue weighted by Crippen LogP contribution is 2.30. The Kier molecular flexibility index (Phi) is 9.46. The summed E-state index contributed by atoms with van der Waals surface area (Å²) in [5, 5.41) is 6.61. The molecule has 2 aromatic carbocycles. The molecule has 0 bridgehead atoms. The highest BCUT2D eigenvalue weighted by molar-refractivity contribution is 14.0. The number of aliphatic imine (C=N–C) groups is 1. The van der Waals surface area contributed by atoms with Gasteiger partial charge in [-0.25, -0.2) is 4.98 Å². The smallest absolute Gasteiger partial charge is 0.195 e. The van der Waals surface area contributed by atoms with Crippen LogP contribution in [0.25, 0.3) is 0 Å². The van der Waals surface area contributed by atoms with Gasteiger partial charge in [0.1, 0.15) is 0 Å². The molecule has 0 aliphatic carbocycles. The van der Waals surface area contributed by atoms with Gasteiger partial charge < -0.3 is 24.7 Å². The molecule has 0 aliphatic rings. The molecule has 0 unspecified atom stereocenters. The molecule has 3 rings (SSSR count). The third-order valence-electron chi connectivity index (χ3n) is 4.36. The predicted molar refractivity (Wildman–Crippen MR) is 131 cm³/mol. The van der Waals surface area contributed by atoms with Crippen LogP contribution in [0, 0.1) is 0 Å². The standard InChI is InChI=1S/C22H27N5O2.HI/c1-4-29-21-13-19(9-10-20(21)28-3)26-22(23-2)25-14-17-5-7-18(8-6-17)15-27-12-11-24-16-27;/h5-13,16H,4,14-15H2,1-3H3,(H2,23,25,26);1H. The van der Waals surface area contributed by atoms with Gasteiger partial charge in [-0.05, 0) is 30.2 Å². The van der Waals surface area contributed by atoms with Crippen LogP contribution in [0.4, 0.5) is 5.69 Å².